The molecule has 4 rings (SSSR count). The molecule has 0 aromatic heterocycles. The molecule has 11 heteroatoms. The fourth-order valence-corrected chi connectivity index (χ4v) is 4.93. The fourth-order valence-electron chi connectivity index (χ4n) is 4.93. The van der Waals surface area contributed by atoms with Crippen molar-refractivity contribution >= 4 is 11.8 Å². The maximum atomic E-state index is 13.7. The molecular weight excluding hydrogens is 503 g/mol. The number of benzene rings is 2. The minimum Gasteiger partial charge on any atom is -0.493 e. The van der Waals surface area contributed by atoms with Crippen molar-refractivity contribution in [2.75, 3.05) is 27.3 Å². The summed E-state index contributed by atoms with van der Waals surface area (Å²) in [7, 11) is 2.74. The molecule has 2 aromatic rings. The largest absolute Gasteiger partial charge is 0.493 e. The van der Waals surface area contributed by atoms with E-state index < -0.39 is 49.0 Å². The van der Waals surface area contributed by atoms with Crippen LogP contribution in [0.25, 0.3) is 0 Å². The zero-order chi connectivity index (χ0) is 27.4. The minimum absolute atomic E-state index is 0.00959. The number of nitriles is 1. The Morgan fingerprint density at radius 1 is 1.08 bits per heavy atom. The number of halogens is 3. The Bertz CT molecular complexity index is 1190. The molecule has 3 atom stereocenters. The van der Waals surface area contributed by atoms with E-state index in [2.05, 4.69) is 0 Å². The fraction of sp³-hybridized carbons (Fsp3) is 0.444. The molecular formula is C27H28F3N3O5. The molecule has 0 bridgehead atoms. The zero-order valence-electron chi connectivity index (χ0n) is 21.0. The molecule has 0 saturated carbocycles. The number of amides is 2. The summed E-state index contributed by atoms with van der Waals surface area (Å²) in [5.74, 6) is -2.73. The molecule has 2 saturated heterocycles. The molecule has 2 heterocycles. The first-order valence-electron chi connectivity index (χ1n) is 12.2. The number of carbonyl (C=O) groups excluding carboxylic acids is 2. The average molecular weight is 532 g/mol. The van der Waals surface area contributed by atoms with Gasteiger partial charge in [-0.2, -0.15) is 18.4 Å². The van der Waals surface area contributed by atoms with Crippen LogP contribution in [0.1, 0.15) is 35.2 Å². The number of alkyl halides is 3. The van der Waals surface area contributed by atoms with Crippen LogP contribution in [0.15, 0.2) is 42.5 Å². The molecule has 1 unspecified atom stereocenters. The molecule has 2 aromatic carbocycles. The van der Waals surface area contributed by atoms with E-state index in [0.29, 0.717) is 12.8 Å². The van der Waals surface area contributed by atoms with E-state index in [4.69, 9.17) is 14.2 Å². The number of methoxy groups -OCH3 is 2. The Morgan fingerprint density at radius 3 is 2.32 bits per heavy atom. The van der Waals surface area contributed by atoms with Crippen LogP contribution in [-0.2, 0) is 11.4 Å². The maximum Gasteiger partial charge on any atom is 0.393 e. The van der Waals surface area contributed by atoms with E-state index in [9.17, 15) is 28.0 Å². The number of nitrogens with zero attached hydrogens (tertiary/aromatic N) is 3. The molecule has 2 aliphatic heterocycles. The van der Waals surface area contributed by atoms with Gasteiger partial charge in [0.15, 0.2) is 11.5 Å². The second-order valence-electron chi connectivity index (χ2n) is 9.25. The number of rotatable bonds is 7. The summed E-state index contributed by atoms with van der Waals surface area (Å²) < 4.78 is 57.8. The van der Waals surface area contributed by atoms with Crippen LogP contribution in [0.4, 0.5) is 13.2 Å². The lowest BCUT2D eigenvalue weighted by molar-refractivity contribution is -0.170. The molecule has 0 N–H and O–H groups in total. The van der Waals surface area contributed by atoms with Gasteiger partial charge in [0, 0.05) is 18.7 Å². The van der Waals surface area contributed by atoms with E-state index >= 15 is 0 Å². The summed E-state index contributed by atoms with van der Waals surface area (Å²) in [4.78, 5) is 29.1. The van der Waals surface area contributed by atoms with Crippen molar-refractivity contribution in [3.05, 3.63) is 53.6 Å². The van der Waals surface area contributed by atoms with Crippen LogP contribution in [0, 0.1) is 17.2 Å². The summed E-state index contributed by atoms with van der Waals surface area (Å²) in [5, 5.41) is 9.38. The van der Waals surface area contributed by atoms with Crippen LogP contribution in [0.5, 0.6) is 17.2 Å². The highest BCUT2D eigenvalue weighted by Gasteiger charge is 2.52. The molecule has 202 valence electrons. The summed E-state index contributed by atoms with van der Waals surface area (Å²) in [6.07, 6.45) is -4.12. The van der Waals surface area contributed by atoms with Gasteiger partial charge < -0.3 is 24.0 Å². The van der Waals surface area contributed by atoms with Crippen LogP contribution >= 0.6 is 0 Å². The third-order valence-electron chi connectivity index (χ3n) is 6.93. The molecule has 2 fully saturated rings. The second kappa shape index (κ2) is 11.2. The third kappa shape index (κ3) is 5.49. The van der Waals surface area contributed by atoms with Crippen molar-refractivity contribution in [3.63, 3.8) is 0 Å². The van der Waals surface area contributed by atoms with Gasteiger partial charge in [0.25, 0.3) is 5.91 Å². The molecule has 0 aliphatic carbocycles. The van der Waals surface area contributed by atoms with Gasteiger partial charge in [-0.05, 0) is 37.0 Å². The predicted molar refractivity (Wildman–Crippen MR) is 130 cm³/mol. The average Bonchev–Trinajstić information content (AvgIpc) is 3.59. The first-order chi connectivity index (χ1) is 18.2. The summed E-state index contributed by atoms with van der Waals surface area (Å²) in [5.41, 5.74) is 0.871. The number of ether oxygens (including phenoxy) is 3. The Labute approximate surface area is 218 Å². The lowest BCUT2D eigenvalue weighted by atomic mass is 10.0. The van der Waals surface area contributed by atoms with E-state index in [-0.39, 0.29) is 36.0 Å². The number of carbonyl (C=O) groups is 2. The topological polar surface area (TPSA) is 92.1 Å². The van der Waals surface area contributed by atoms with Crippen molar-refractivity contribution in [3.8, 4) is 23.3 Å². The van der Waals surface area contributed by atoms with Crippen LogP contribution in [0.3, 0.4) is 0 Å². The van der Waals surface area contributed by atoms with Gasteiger partial charge in [0.05, 0.1) is 26.2 Å². The SMILES string of the molecule is COc1cc(C(=O)N2C[C@@H](C(F)(F)F)CC2C(=O)N2CCC[C@H]2C#N)cc(OC)c1OCc1ccccc1. The molecule has 2 aliphatic rings. The number of hydrogen-bond donors (Lipinski definition) is 0. The van der Waals surface area contributed by atoms with E-state index in [1.165, 1.54) is 31.3 Å². The van der Waals surface area contributed by atoms with E-state index in [0.717, 1.165) is 10.5 Å². The van der Waals surface area contributed by atoms with Crippen molar-refractivity contribution in [2.24, 2.45) is 5.92 Å². The highest BCUT2D eigenvalue weighted by atomic mass is 19.4. The van der Waals surface area contributed by atoms with Crippen molar-refractivity contribution in [1.82, 2.24) is 9.80 Å². The zero-order valence-corrected chi connectivity index (χ0v) is 21.0. The third-order valence-corrected chi connectivity index (χ3v) is 6.93. The molecule has 0 radical (unpaired) electrons. The van der Waals surface area contributed by atoms with Gasteiger partial charge in [-0.25, -0.2) is 0 Å². The van der Waals surface area contributed by atoms with E-state index in [1.807, 2.05) is 36.4 Å². The van der Waals surface area contributed by atoms with Crippen LogP contribution < -0.4 is 14.2 Å². The summed E-state index contributed by atoms with van der Waals surface area (Å²) in [6, 6.07) is 12.0. The number of likely N-dealkylation sites (tertiary alicyclic amines) is 2. The van der Waals surface area contributed by atoms with E-state index in [1.54, 1.807) is 0 Å². The first-order valence-corrected chi connectivity index (χ1v) is 12.2. The highest BCUT2D eigenvalue weighted by molar-refractivity contribution is 5.99. The minimum atomic E-state index is -4.59. The van der Waals surface area contributed by atoms with Gasteiger partial charge in [-0.1, -0.05) is 30.3 Å². The maximum absolute atomic E-state index is 13.7. The molecule has 0 spiro atoms. The van der Waals surface area contributed by atoms with Gasteiger partial charge in [-0.3, -0.25) is 9.59 Å². The van der Waals surface area contributed by atoms with Gasteiger partial charge in [-0.15, -0.1) is 0 Å². The molecule has 8 nitrogen and oxygen atoms in total. The van der Waals surface area contributed by atoms with Crippen molar-refractivity contribution < 1.29 is 37.0 Å². The quantitative estimate of drug-likeness (QED) is 0.532. The molecule has 38 heavy (non-hydrogen) atoms. The lowest BCUT2D eigenvalue weighted by Crippen LogP contribution is -2.49. The van der Waals surface area contributed by atoms with Gasteiger partial charge >= 0.3 is 6.18 Å². The van der Waals surface area contributed by atoms with Crippen molar-refractivity contribution in [2.45, 2.75) is 44.1 Å². The van der Waals surface area contributed by atoms with Gasteiger partial charge in [0.1, 0.15) is 18.7 Å². The van der Waals surface area contributed by atoms with Gasteiger partial charge in [0.2, 0.25) is 11.7 Å². The monoisotopic (exact) mass is 531 g/mol. The standard InChI is InChI=1S/C27H28F3N3O5/c1-36-22-11-18(12-23(37-2)24(22)38-16-17-7-4-3-5-8-17)25(34)33-15-19(27(28,29)30)13-21(33)26(35)32-10-6-9-20(32)14-31/h3-5,7-8,11-12,19-21H,6,9-10,13,15-16H2,1-2H3/t19-,20-,21?/m0/s1. The predicted octanol–water partition coefficient (Wildman–Crippen LogP) is 4.19. The molecule has 2 amide bonds. The Morgan fingerprint density at radius 2 is 1.74 bits per heavy atom. The Hall–Kier alpha value is -3.94. The van der Waals surface area contributed by atoms with Crippen LogP contribution in [0.2, 0.25) is 0 Å². The lowest BCUT2D eigenvalue weighted by Gasteiger charge is -2.29. The number of hydrogen-bond acceptors (Lipinski definition) is 6. The first kappa shape index (κ1) is 27.1. The smallest absolute Gasteiger partial charge is 0.393 e. The Balaban J connectivity index is 1.64. The normalized spacial score (nSPS) is 21.2. The van der Waals surface area contributed by atoms with Crippen molar-refractivity contribution in [1.29, 1.82) is 5.26 Å². The summed E-state index contributed by atoms with van der Waals surface area (Å²) >= 11 is 0. The van der Waals surface area contributed by atoms with Crippen LogP contribution in [-0.4, -0.2) is 67.2 Å². The highest BCUT2D eigenvalue weighted by Crippen LogP contribution is 2.42. The second-order valence-corrected chi connectivity index (χ2v) is 9.25. The summed E-state index contributed by atoms with van der Waals surface area (Å²) in [6.45, 7) is -0.214. The Kier molecular flexibility index (Phi) is 7.99.